The Morgan fingerprint density at radius 1 is 1.30 bits per heavy atom. The summed E-state index contributed by atoms with van der Waals surface area (Å²) in [6.45, 7) is 7.75. The Bertz CT molecular complexity index is 708. The Morgan fingerprint density at radius 2 is 2.13 bits per heavy atom. The summed E-state index contributed by atoms with van der Waals surface area (Å²) in [6, 6.07) is 8.15. The molecule has 1 atom stereocenters. The van der Waals surface area contributed by atoms with Gasteiger partial charge in [-0.25, -0.2) is 0 Å². The highest BCUT2D eigenvalue weighted by Crippen LogP contribution is 2.26. The minimum atomic E-state index is -0.0626. The predicted octanol–water partition coefficient (Wildman–Crippen LogP) is 2.74. The highest BCUT2D eigenvalue weighted by atomic mass is 16.5. The van der Waals surface area contributed by atoms with Crippen LogP contribution in [0.15, 0.2) is 28.8 Å². The van der Waals surface area contributed by atoms with E-state index in [4.69, 9.17) is 9.26 Å². The summed E-state index contributed by atoms with van der Waals surface area (Å²) < 4.78 is 10.9. The number of carbonyl (C=O) groups excluding carboxylic acids is 1. The van der Waals surface area contributed by atoms with E-state index in [-0.39, 0.29) is 18.4 Å². The summed E-state index contributed by atoms with van der Waals surface area (Å²) in [5.74, 6) is 0.791. The molecule has 0 radical (unpaired) electrons. The predicted molar refractivity (Wildman–Crippen MR) is 86.1 cm³/mol. The molecule has 1 amide bonds. The summed E-state index contributed by atoms with van der Waals surface area (Å²) >= 11 is 0. The molecule has 5 nitrogen and oxygen atoms in total. The third-order valence-corrected chi connectivity index (χ3v) is 4.20. The second-order valence-corrected chi connectivity index (χ2v) is 6.16. The van der Waals surface area contributed by atoms with Gasteiger partial charge in [0, 0.05) is 12.6 Å². The molecule has 0 bridgehead atoms. The van der Waals surface area contributed by atoms with Crippen LogP contribution in [0.4, 0.5) is 0 Å². The van der Waals surface area contributed by atoms with Crippen molar-refractivity contribution in [2.45, 2.75) is 33.3 Å². The van der Waals surface area contributed by atoms with Crippen LogP contribution in [0.5, 0.6) is 0 Å². The molecule has 1 fully saturated rings. The van der Waals surface area contributed by atoms with Crippen molar-refractivity contribution in [3.05, 3.63) is 52.4 Å². The molecular weight excluding hydrogens is 292 g/mol. The van der Waals surface area contributed by atoms with Gasteiger partial charge in [0.1, 0.15) is 11.9 Å². The number of benzene rings is 1. The Morgan fingerprint density at radius 3 is 2.83 bits per heavy atom. The smallest absolute Gasteiger partial charge is 0.228 e. The van der Waals surface area contributed by atoms with Gasteiger partial charge >= 0.3 is 0 Å². The summed E-state index contributed by atoms with van der Waals surface area (Å²) in [6.07, 6.45) is 0.212. The van der Waals surface area contributed by atoms with Gasteiger partial charge in [-0.15, -0.1) is 0 Å². The first kappa shape index (κ1) is 15.7. The number of hydrogen-bond donors (Lipinski definition) is 0. The summed E-state index contributed by atoms with van der Waals surface area (Å²) in [5.41, 5.74) is 4.28. The minimum absolute atomic E-state index is 0.0626. The second-order valence-electron chi connectivity index (χ2n) is 6.16. The first-order valence-electron chi connectivity index (χ1n) is 7.91. The van der Waals surface area contributed by atoms with E-state index in [1.54, 1.807) is 6.07 Å². The molecular formula is C18H22N2O3. The number of aromatic nitrogens is 1. The van der Waals surface area contributed by atoms with E-state index in [0.29, 0.717) is 25.4 Å². The van der Waals surface area contributed by atoms with E-state index in [9.17, 15) is 4.79 Å². The van der Waals surface area contributed by atoms with E-state index in [2.05, 4.69) is 37.2 Å². The van der Waals surface area contributed by atoms with Crippen LogP contribution in [0.3, 0.4) is 0 Å². The fourth-order valence-electron chi connectivity index (χ4n) is 3.02. The molecule has 3 rings (SSSR count). The van der Waals surface area contributed by atoms with Gasteiger partial charge in [-0.05, 0) is 31.9 Å². The standard InChI is InChI=1S/C18H22N2O3/c1-12-4-5-16(13(2)8-12)17-11-20(6-7-22-17)18(21)10-15-9-14(3)23-19-15/h4-5,8-9,17H,6-7,10-11H2,1-3H3. The maximum Gasteiger partial charge on any atom is 0.228 e. The summed E-state index contributed by atoms with van der Waals surface area (Å²) in [4.78, 5) is 14.3. The Balaban J connectivity index is 1.69. The molecule has 1 aliphatic rings. The van der Waals surface area contributed by atoms with Crippen molar-refractivity contribution >= 4 is 5.91 Å². The molecule has 2 heterocycles. The van der Waals surface area contributed by atoms with Crippen molar-refractivity contribution in [2.24, 2.45) is 0 Å². The van der Waals surface area contributed by atoms with Gasteiger partial charge in [0.05, 0.1) is 25.3 Å². The molecule has 1 aliphatic heterocycles. The monoisotopic (exact) mass is 314 g/mol. The molecule has 23 heavy (non-hydrogen) atoms. The van der Waals surface area contributed by atoms with E-state index >= 15 is 0 Å². The van der Waals surface area contributed by atoms with Crippen LogP contribution < -0.4 is 0 Å². The van der Waals surface area contributed by atoms with Crippen LogP contribution in [0.1, 0.15) is 34.2 Å². The van der Waals surface area contributed by atoms with Gasteiger partial charge in [0.25, 0.3) is 0 Å². The number of rotatable bonds is 3. The lowest BCUT2D eigenvalue weighted by Crippen LogP contribution is -2.43. The third kappa shape index (κ3) is 3.62. The number of morpholine rings is 1. The molecule has 5 heteroatoms. The number of hydrogen-bond acceptors (Lipinski definition) is 4. The molecule has 0 aliphatic carbocycles. The van der Waals surface area contributed by atoms with Crippen LogP contribution >= 0.6 is 0 Å². The maximum atomic E-state index is 12.5. The molecule has 1 aromatic heterocycles. The zero-order valence-corrected chi connectivity index (χ0v) is 13.8. The topological polar surface area (TPSA) is 55.6 Å². The largest absolute Gasteiger partial charge is 0.370 e. The Kier molecular flexibility index (Phi) is 4.48. The molecule has 0 spiro atoms. The minimum Gasteiger partial charge on any atom is -0.370 e. The number of nitrogens with zero attached hydrogens (tertiary/aromatic N) is 2. The van der Waals surface area contributed by atoms with Gasteiger partial charge in [0.2, 0.25) is 5.91 Å². The fourth-order valence-corrected chi connectivity index (χ4v) is 3.02. The van der Waals surface area contributed by atoms with Crippen LogP contribution in [0.2, 0.25) is 0 Å². The van der Waals surface area contributed by atoms with Crippen molar-refractivity contribution in [3.8, 4) is 0 Å². The number of carbonyl (C=O) groups is 1. The second kappa shape index (κ2) is 6.54. The number of ether oxygens (including phenoxy) is 1. The maximum absolute atomic E-state index is 12.5. The summed E-state index contributed by atoms with van der Waals surface area (Å²) in [5, 5.41) is 3.90. The van der Waals surface area contributed by atoms with Crippen molar-refractivity contribution < 1.29 is 14.1 Å². The zero-order chi connectivity index (χ0) is 16.4. The lowest BCUT2D eigenvalue weighted by molar-refractivity contribution is -0.138. The average Bonchev–Trinajstić information content (AvgIpc) is 2.92. The number of amides is 1. The summed E-state index contributed by atoms with van der Waals surface area (Å²) in [7, 11) is 0. The van der Waals surface area contributed by atoms with Gasteiger partial charge in [-0.1, -0.05) is 28.9 Å². The van der Waals surface area contributed by atoms with Crippen LogP contribution in [0.25, 0.3) is 0 Å². The highest BCUT2D eigenvalue weighted by Gasteiger charge is 2.26. The SMILES string of the molecule is Cc1ccc(C2CN(C(=O)Cc3cc(C)on3)CCO2)c(C)c1. The van der Waals surface area contributed by atoms with E-state index in [1.807, 2.05) is 11.8 Å². The van der Waals surface area contributed by atoms with Gasteiger partial charge in [-0.2, -0.15) is 0 Å². The fraction of sp³-hybridized carbons (Fsp3) is 0.444. The van der Waals surface area contributed by atoms with Crippen molar-refractivity contribution in [2.75, 3.05) is 19.7 Å². The Hall–Kier alpha value is -2.14. The van der Waals surface area contributed by atoms with Crippen molar-refractivity contribution in [1.82, 2.24) is 10.1 Å². The van der Waals surface area contributed by atoms with Gasteiger partial charge in [-0.3, -0.25) is 4.79 Å². The van der Waals surface area contributed by atoms with E-state index in [0.717, 1.165) is 11.3 Å². The Labute approximate surface area is 136 Å². The number of aryl methyl sites for hydroxylation is 3. The third-order valence-electron chi connectivity index (χ3n) is 4.20. The van der Waals surface area contributed by atoms with Crippen molar-refractivity contribution in [3.63, 3.8) is 0 Å². The first-order valence-corrected chi connectivity index (χ1v) is 7.91. The van der Waals surface area contributed by atoms with Crippen LogP contribution in [-0.4, -0.2) is 35.7 Å². The normalized spacial score (nSPS) is 18.2. The lowest BCUT2D eigenvalue weighted by Gasteiger charge is -2.33. The highest BCUT2D eigenvalue weighted by molar-refractivity contribution is 5.78. The van der Waals surface area contributed by atoms with E-state index < -0.39 is 0 Å². The molecule has 1 saturated heterocycles. The average molecular weight is 314 g/mol. The van der Waals surface area contributed by atoms with E-state index in [1.165, 1.54) is 11.1 Å². The quantitative estimate of drug-likeness (QED) is 0.874. The molecule has 0 saturated carbocycles. The molecule has 0 N–H and O–H groups in total. The van der Waals surface area contributed by atoms with Crippen molar-refractivity contribution in [1.29, 1.82) is 0 Å². The molecule has 122 valence electrons. The first-order chi connectivity index (χ1) is 11.0. The molecule has 1 unspecified atom stereocenters. The molecule has 2 aromatic rings. The molecule has 1 aromatic carbocycles. The van der Waals surface area contributed by atoms with Crippen LogP contribution in [-0.2, 0) is 16.0 Å². The van der Waals surface area contributed by atoms with Crippen LogP contribution in [0, 0.1) is 20.8 Å². The lowest BCUT2D eigenvalue weighted by atomic mass is 10.00. The van der Waals surface area contributed by atoms with Gasteiger partial charge < -0.3 is 14.2 Å². The van der Waals surface area contributed by atoms with Gasteiger partial charge in [0.15, 0.2) is 0 Å². The zero-order valence-electron chi connectivity index (χ0n) is 13.8.